The maximum absolute atomic E-state index is 10.9. The Hall–Kier alpha value is -2.60. The first kappa shape index (κ1) is 14.8. The van der Waals surface area contributed by atoms with Gasteiger partial charge in [-0.25, -0.2) is 9.78 Å². The number of aromatic carboxylic acids is 1. The van der Waals surface area contributed by atoms with Gasteiger partial charge in [0.05, 0.1) is 13.7 Å². The normalized spacial score (nSPS) is 10.2. The number of methoxy groups -OCH3 is 1. The van der Waals surface area contributed by atoms with Gasteiger partial charge in [-0.2, -0.15) is 0 Å². The molecule has 6 heteroatoms. The van der Waals surface area contributed by atoms with Crippen LogP contribution in [-0.4, -0.2) is 28.3 Å². The molecule has 0 unspecified atom stereocenters. The molecule has 0 saturated carbocycles. The van der Waals surface area contributed by atoms with Crippen LogP contribution in [-0.2, 0) is 13.2 Å². The van der Waals surface area contributed by atoms with E-state index in [2.05, 4.69) is 4.98 Å². The number of rotatable bonds is 6. The number of aromatic nitrogens is 1. The zero-order valence-electron chi connectivity index (χ0n) is 11.4. The molecule has 0 bridgehead atoms. The molecule has 0 atom stereocenters. The molecule has 0 aliphatic rings. The van der Waals surface area contributed by atoms with Gasteiger partial charge in [-0.3, -0.25) is 0 Å². The van der Waals surface area contributed by atoms with Crippen LogP contribution in [0.25, 0.3) is 0 Å². The molecule has 0 aliphatic carbocycles. The number of aliphatic hydroxyl groups is 1. The largest absolute Gasteiger partial charge is 0.493 e. The minimum Gasteiger partial charge on any atom is -0.493 e. The highest BCUT2D eigenvalue weighted by Gasteiger charge is 2.08. The van der Waals surface area contributed by atoms with Gasteiger partial charge in [0.15, 0.2) is 11.5 Å². The summed E-state index contributed by atoms with van der Waals surface area (Å²) in [5.74, 6) is -0.0563. The van der Waals surface area contributed by atoms with Crippen LogP contribution in [0.15, 0.2) is 36.5 Å². The van der Waals surface area contributed by atoms with Crippen molar-refractivity contribution in [2.45, 2.75) is 13.2 Å². The third-order valence-corrected chi connectivity index (χ3v) is 2.85. The SMILES string of the molecule is COc1cc(CO)ccc1OCc1ccnc(C(=O)O)c1. The molecule has 6 nitrogen and oxygen atoms in total. The van der Waals surface area contributed by atoms with E-state index in [0.29, 0.717) is 17.1 Å². The van der Waals surface area contributed by atoms with E-state index in [1.165, 1.54) is 19.4 Å². The highest BCUT2D eigenvalue weighted by molar-refractivity contribution is 5.85. The predicted octanol–water partition coefficient (Wildman–Crippen LogP) is 1.86. The lowest BCUT2D eigenvalue weighted by Gasteiger charge is -2.11. The first-order valence-corrected chi connectivity index (χ1v) is 6.23. The van der Waals surface area contributed by atoms with Crippen molar-refractivity contribution < 1.29 is 24.5 Å². The fraction of sp³-hybridized carbons (Fsp3) is 0.200. The molecule has 0 spiro atoms. The Kier molecular flexibility index (Phi) is 4.73. The number of nitrogens with zero attached hydrogens (tertiary/aromatic N) is 1. The van der Waals surface area contributed by atoms with Gasteiger partial charge >= 0.3 is 5.97 Å². The average Bonchev–Trinajstić information content (AvgIpc) is 2.53. The molecule has 21 heavy (non-hydrogen) atoms. The summed E-state index contributed by atoms with van der Waals surface area (Å²) in [5.41, 5.74) is 1.38. The molecule has 0 saturated heterocycles. The monoisotopic (exact) mass is 289 g/mol. The number of hydrogen-bond acceptors (Lipinski definition) is 5. The zero-order chi connectivity index (χ0) is 15.2. The van der Waals surface area contributed by atoms with Crippen molar-refractivity contribution >= 4 is 5.97 Å². The Labute approximate surface area is 121 Å². The first-order chi connectivity index (χ1) is 10.1. The van der Waals surface area contributed by atoms with Gasteiger partial charge < -0.3 is 19.7 Å². The molecule has 1 heterocycles. The van der Waals surface area contributed by atoms with Gasteiger partial charge in [-0.1, -0.05) is 6.07 Å². The highest BCUT2D eigenvalue weighted by Crippen LogP contribution is 2.28. The van der Waals surface area contributed by atoms with E-state index in [0.717, 1.165) is 5.56 Å². The quantitative estimate of drug-likeness (QED) is 0.843. The number of pyridine rings is 1. The molecule has 0 aliphatic heterocycles. The molecule has 0 radical (unpaired) electrons. The fourth-order valence-electron chi connectivity index (χ4n) is 1.77. The second-order valence-corrected chi connectivity index (χ2v) is 4.29. The molecule has 2 N–H and O–H groups in total. The van der Waals surface area contributed by atoms with E-state index < -0.39 is 5.97 Å². The maximum atomic E-state index is 10.9. The summed E-state index contributed by atoms with van der Waals surface area (Å²) in [5, 5.41) is 18.0. The van der Waals surface area contributed by atoms with E-state index in [-0.39, 0.29) is 18.9 Å². The average molecular weight is 289 g/mol. The van der Waals surface area contributed by atoms with E-state index in [4.69, 9.17) is 19.7 Å². The van der Waals surface area contributed by atoms with E-state index >= 15 is 0 Å². The first-order valence-electron chi connectivity index (χ1n) is 6.23. The number of ether oxygens (including phenoxy) is 2. The number of carboxylic acid groups (broad SMARTS) is 1. The lowest BCUT2D eigenvalue weighted by molar-refractivity contribution is 0.0690. The Morgan fingerprint density at radius 2 is 2.00 bits per heavy atom. The topological polar surface area (TPSA) is 88.9 Å². The summed E-state index contributed by atoms with van der Waals surface area (Å²) in [7, 11) is 1.51. The van der Waals surface area contributed by atoms with E-state index in [1.807, 2.05) is 0 Å². The van der Waals surface area contributed by atoms with Crippen LogP contribution in [0.4, 0.5) is 0 Å². The minimum atomic E-state index is -1.08. The van der Waals surface area contributed by atoms with Crippen LogP contribution < -0.4 is 9.47 Å². The van der Waals surface area contributed by atoms with Crippen molar-refractivity contribution in [1.82, 2.24) is 4.98 Å². The molecule has 0 fully saturated rings. The summed E-state index contributed by atoms with van der Waals surface area (Å²) in [6.45, 7) is 0.112. The number of carboxylic acids is 1. The maximum Gasteiger partial charge on any atom is 0.354 e. The Morgan fingerprint density at radius 1 is 1.19 bits per heavy atom. The molecule has 110 valence electrons. The zero-order valence-corrected chi connectivity index (χ0v) is 11.4. The van der Waals surface area contributed by atoms with Crippen molar-refractivity contribution in [3.63, 3.8) is 0 Å². The van der Waals surface area contributed by atoms with Crippen LogP contribution in [0, 0.1) is 0 Å². The summed E-state index contributed by atoms with van der Waals surface area (Å²) in [6.07, 6.45) is 1.42. The number of carbonyl (C=O) groups is 1. The summed E-state index contributed by atoms with van der Waals surface area (Å²) < 4.78 is 10.8. The summed E-state index contributed by atoms with van der Waals surface area (Å²) in [6, 6.07) is 8.25. The van der Waals surface area contributed by atoms with E-state index in [1.54, 1.807) is 24.3 Å². The molecule has 2 aromatic rings. The Bertz CT molecular complexity index is 642. The smallest absolute Gasteiger partial charge is 0.354 e. The Balaban J connectivity index is 2.12. The standard InChI is InChI=1S/C15H15NO5/c1-20-14-7-10(8-17)2-3-13(14)21-9-11-4-5-16-12(6-11)15(18)19/h2-7,17H,8-9H2,1H3,(H,18,19). The molecule has 2 rings (SSSR count). The van der Waals surface area contributed by atoms with Crippen molar-refractivity contribution in [3.05, 3.63) is 53.3 Å². The molecule has 1 aromatic heterocycles. The number of hydrogen-bond donors (Lipinski definition) is 2. The highest BCUT2D eigenvalue weighted by atomic mass is 16.5. The number of benzene rings is 1. The lowest BCUT2D eigenvalue weighted by Crippen LogP contribution is -2.03. The minimum absolute atomic E-state index is 0.0290. The molecule has 0 amide bonds. The van der Waals surface area contributed by atoms with Gasteiger partial charge in [-0.15, -0.1) is 0 Å². The van der Waals surface area contributed by atoms with Crippen molar-refractivity contribution in [2.75, 3.05) is 7.11 Å². The van der Waals surface area contributed by atoms with E-state index in [9.17, 15) is 4.79 Å². The van der Waals surface area contributed by atoms with Gasteiger partial charge in [0, 0.05) is 6.20 Å². The second-order valence-electron chi connectivity index (χ2n) is 4.29. The van der Waals surface area contributed by atoms with Crippen LogP contribution in [0.5, 0.6) is 11.5 Å². The Morgan fingerprint density at radius 3 is 2.67 bits per heavy atom. The summed E-state index contributed by atoms with van der Waals surface area (Å²) >= 11 is 0. The van der Waals surface area contributed by atoms with Gasteiger partial charge in [0.2, 0.25) is 0 Å². The molecular formula is C15H15NO5. The van der Waals surface area contributed by atoms with Crippen LogP contribution in [0.1, 0.15) is 21.6 Å². The van der Waals surface area contributed by atoms with Crippen LogP contribution in [0.2, 0.25) is 0 Å². The van der Waals surface area contributed by atoms with Gasteiger partial charge in [0.1, 0.15) is 12.3 Å². The third-order valence-electron chi connectivity index (χ3n) is 2.85. The summed E-state index contributed by atoms with van der Waals surface area (Å²) in [4.78, 5) is 14.6. The lowest BCUT2D eigenvalue weighted by atomic mass is 10.2. The fourth-order valence-corrected chi connectivity index (χ4v) is 1.77. The molecular weight excluding hydrogens is 274 g/mol. The number of aliphatic hydroxyl groups excluding tert-OH is 1. The third kappa shape index (κ3) is 3.70. The van der Waals surface area contributed by atoms with Crippen molar-refractivity contribution in [2.24, 2.45) is 0 Å². The van der Waals surface area contributed by atoms with Crippen molar-refractivity contribution in [3.8, 4) is 11.5 Å². The van der Waals surface area contributed by atoms with Crippen molar-refractivity contribution in [1.29, 1.82) is 0 Å². The van der Waals surface area contributed by atoms with Crippen LogP contribution >= 0.6 is 0 Å². The second kappa shape index (κ2) is 6.71. The van der Waals surface area contributed by atoms with Gasteiger partial charge in [0.25, 0.3) is 0 Å². The molecule has 1 aromatic carbocycles. The van der Waals surface area contributed by atoms with Gasteiger partial charge in [-0.05, 0) is 35.4 Å². The van der Waals surface area contributed by atoms with Crippen LogP contribution in [0.3, 0.4) is 0 Å². The predicted molar refractivity (Wildman–Crippen MR) is 74.4 cm³/mol.